The van der Waals surface area contributed by atoms with Crippen molar-refractivity contribution in [1.82, 2.24) is 0 Å². The Morgan fingerprint density at radius 2 is 1.17 bits per heavy atom. The van der Waals surface area contributed by atoms with Crippen molar-refractivity contribution in [3.63, 3.8) is 0 Å². The van der Waals surface area contributed by atoms with E-state index in [2.05, 4.69) is 32.9 Å². The molecule has 3 nitrogen and oxygen atoms in total. The molecule has 0 aromatic heterocycles. The Kier molecular flexibility index (Phi) is 6.48. The van der Waals surface area contributed by atoms with Crippen LogP contribution in [0, 0.1) is 0 Å². The zero-order valence-electron chi connectivity index (χ0n) is 14.2. The highest BCUT2D eigenvalue weighted by Gasteiger charge is 2.12. The fourth-order valence-corrected chi connectivity index (χ4v) is 2.11. The minimum Gasteiger partial charge on any atom is -0.491 e. The van der Waals surface area contributed by atoms with Crippen LogP contribution in [0.4, 0.5) is 0 Å². The second-order valence-corrected chi connectivity index (χ2v) is 6.40. The zero-order chi connectivity index (χ0) is 16.5. The number of rotatable bonds is 8. The molecule has 124 valence electrons. The van der Waals surface area contributed by atoms with E-state index in [4.69, 9.17) is 14.2 Å². The molecule has 0 aliphatic carbocycles. The molecule has 0 unspecified atom stereocenters. The summed E-state index contributed by atoms with van der Waals surface area (Å²) in [7, 11) is 0. The van der Waals surface area contributed by atoms with E-state index in [1.165, 1.54) is 5.56 Å². The van der Waals surface area contributed by atoms with Gasteiger partial charge in [-0.3, -0.25) is 0 Å². The molecule has 0 atom stereocenters. The van der Waals surface area contributed by atoms with Crippen LogP contribution >= 0.6 is 0 Å². The van der Waals surface area contributed by atoms with Crippen molar-refractivity contribution in [2.24, 2.45) is 0 Å². The first kappa shape index (κ1) is 17.4. The molecule has 0 N–H and O–H groups in total. The van der Waals surface area contributed by atoms with Gasteiger partial charge in [-0.2, -0.15) is 0 Å². The van der Waals surface area contributed by atoms with Crippen molar-refractivity contribution in [2.45, 2.75) is 26.2 Å². The lowest BCUT2D eigenvalue weighted by Crippen LogP contribution is -2.12. The van der Waals surface area contributed by atoms with Crippen molar-refractivity contribution in [1.29, 1.82) is 0 Å². The molecule has 0 aliphatic heterocycles. The molecule has 2 rings (SSSR count). The third kappa shape index (κ3) is 6.33. The summed E-state index contributed by atoms with van der Waals surface area (Å²) in [6, 6.07) is 18.0. The van der Waals surface area contributed by atoms with E-state index >= 15 is 0 Å². The third-order valence-corrected chi connectivity index (χ3v) is 3.46. The molecule has 3 heteroatoms. The molecule has 2 aromatic rings. The Morgan fingerprint density at radius 3 is 1.70 bits per heavy atom. The van der Waals surface area contributed by atoms with E-state index in [9.17, 15) is 0 Å². The first-order valence-corrected chi connectivity index (χ1v) is 8.04. The minimum absolute atomic E-state index is 0.167. The predicted molar refractivity (Wildman–Crippen MR) is 93.4 cm³/mol. The summed E-state index contributed by atoms with van der Waals surface area (Å²) in [6.07, 6.45) is 0. The van der Waals surface area contributed by atoms with Gasteiger partial charge in [0, 0.05) is 0 Å². The topological polar surface area (TPSA) is 27.7 Å². The van der Waals surface area contributed by atoms with Gasteiger partial charge in [-0.05, 0) is 35.2 Å². The van der Waals surface area contributed by atoms with Gasteiger partial charge in [0.15, 0.2) is 0 Å². The van der Waals surface area contributed by atoms with E-state index in [1.807, 2.05) is 42.5 Å². The number of para-hydroxylation sites is 1. The van der Waals surface area contributed by atoms with Crippen LogP contribution in [-0.2, 0) is 10.2 Å². The molecule has 0 bridgehead atoms. The number of benzene rings is 2. The average molecular weight is 314 g/mol. The summed E-state index contributed by atoms with van der Waals surface area (Å²) < 4.78 is 16.7. The van der Waals surface area contributed by atoms with Crippen LogP contribution in [0.2, 0.25) is 0 Å². The van der Waals surface area contributed by atoms with Crippen LogP contribution in [0.15, 0.2) is 54.6 Å². The standard InChI is InChI=1S/C20H26O3/c1-20(2,3)17-9-11-19(12-10-17)23-16-14-21-13-15-22-18-7-5-4-6-8-18/h4-12H,13-16H2,1-3H3. The van der Waals surface area contributed by atoms with Crippen LogP contribution in [0.3, 0.4) is 0 Å². The largest absolute Gasteiger partial charge is 0.491 e. The lowest BCUT2D eigenvalue weighted by atomic mass is 9.87. The molecular weight excluding hydrogens is 288 g/mol. The summed E-state index contributed by atoms with van der Waals surface area (Å²) in [6.45, 7) is 8.81. The van der Waals surface area contributed by atoms with Gasteiger partial charge < -0.3 is 14.2 Å². The quantitative estimate of drug-likeness (QED) is 0.673. The SMILES string of the molecule is CC(C)(C)c1ccc(OCCOCCOc2ccccc2)cc1. The lowest BCUT2D eigenvalue weighted by molar-refractivity contribution is 0.0764. The third-order valence-electron chi connectivity index (χ3n) is 3.46. The summed E-state index contributed by atoms with van der Waals surface area (Å²) in [5.74, 6) is 1.74. The molecule has 0 amide bonds. The second kappa shape index (κ2) is 8.59. The van der Waals surface area contributed by atoms with Crippen molar-refractivity contribution in [3.05, 3.63) is 60.2 Å². The van der Waals surface area contributed by atoms with Crippen molar-refractivity contribution < 1.29 is 14.2 Å². The van der Waals surface area contributed by atoms with Gasteiger partial charge >= 0.3 is 0 Å². The van der Waals surface area contributed by atoms with Crippen LogP contribution in [-0.4, -0.2) is 26.4 Å². The summed E-state index contributed by atoms with van der Waals surface area (Å²) >= 11 is 0. The molecule has 23 heavy (non-hydrogen) atoms. The molecule has 0 saturated carbocycles. The minimum atomic E-state index is 0.167. The van der Waals surface area contributed by atoms with E-state index in [0.29, 0.717) is 26.4 Å². The number of ether oxygens (including phenoxy) is 3. The number of hydrogen-bond acceptors (Lipinski definition) is 3. The zero-order valence-corrected chi connectivity index (χ0v) is 14.2. The fourth-order valence-electron chi connectivity index (χ4n) is 2.11. The second-order valence-electron chi connectivity index (χ2n) is 6.40. The highest BCUT2D eigenvalue weighted by Crippen LogP contribution is 2.24. The first-order chi connectivity index (χ1) is 11.1. The van der Waals surface area contributed by atoms with Gasteiger partial charge in [0.2, 0.25) is 0 Å². The summed E-state index contributed by atoms with van der Waals surface area (Å²) in [4.78, 5) is 0. The molecule has 0 saturated heterocycles. The normalized spacial score (nSPS) is 11.3. The van der Waals surface area contributed by atoms with Crippen molar-refractivity contribution in [3.8, 4) is 11.5 Å². The molecule has 0 aliphatic rings. The number of hydrogen-bond donors (Lipinski definition) is 0. The van der Waals surface area contributed by atoms with Gasteiger partial charge in [-0.15, -0.1) is 0 Å². The Hall–Kier alpha value is -2.00. The van der Waals surface area contributed by atoms with Crippen LogP contribution in [0.5, 0.6) is 11.5 Å². The maximum Gasteiger partial charge on any atom is 0.119 e. The molecule has 0 fully saturated rings. The van der Waals surface area contributed by atoms with E-state index in [0.717, 1.165) is 11.5 Å². The maximum atomic E-state index is 5.67. The summed E-state index contributed by atoms with van der Waals surface area (Å²) in [5.41, 5.74) is 1.47. The molecule has 0 spiro atoms. The highest BCUT2D eigenvalue weighted by atomic mass is 16.5. The van der Waals surface area contributed by atoms with Crippen molar-refractivity contribution in [2.75, 3.05) is 26.4 Å². The molecule has 0 radical (unpaired) electrons. The maximum absolute atomic E-state index is 5.67. The van der Waals surface area contributed by atoms with Gasteiger partial charge in [0.1, 0.15) is 24.7 Å². The lowest BCUT2D eigenvalue weighted by Gasteiger charge is -2.19. The van der Waals surface area contributed by atoms with E-state index in [-0.39, 0.29) is 5.41 Å². The Morgan fingerprint density at radius 1 is 0.652 bits per heavy atom. The van der Waals surface area contributed by atoms with Gasteiger partial charge in [-0.1, -0.05) is 51.1 Å². The Bertz CT molecular complexity index is 556. The van der Waals surface area contributed by atoms with E-state index < -0.39 is 0 Å². The molecule has 0 heterocycles. The van der Waals surface area contributed by atoms with Crippen LogP contribution in [0.25, 0.3) is 0 Å². The van der Waals surface area contributed by atoms with Gasteiger partial charge in [0.25, 0.3) is 0 Å². The van der Waals surface area contributed by atoms with Gasteiger partial charge in [-0.25, -0.2) is 0 Å². The Balaban J connectivity index is 1.57. The van der Waals surface area contributed by atoms with Crippen molar-refractivity contribution >= 4 is 0 Å². The van der Waals surface area contributed by atoms with Crippen LogP contribution in [0.1, 0.15) is 26.3 Å². The van der Waals surface area contributed by atoms with Crippen LogP contribution < -0.4 is 9.47 Å². The molecule has 2 aromatic carbocycles. The molecular formula is C20H26O3. The first-order valence-electron chi connectivity index (χ1n) is 8.04. The monoisotopic (exact) mass is 314 g/mol. The average Bonchev–Trinajstić information content (AvgIpc) is 2.54. The smallest absolute Gasteiger partial charge is 0.119 e. The summed E-state index contributed by atoms with van der Waals surface area (Å²) in [5, 5.41) is 0. The fraction of sp³-hybridized carbons (Fsp3) is 0.400. The van der Waals surface area contributed by atoms with Gasteiger partial charge in [0.05, 0.1) is 13.2 Å². The van der Waals surface area contributed by atoms with E-state index in [1.54, 1.807) is 0 Å². The highest BCUT2D eigenvalue weighted by molar-refractivity contribution is 5.31. The Labute approximate surface area is 139 Å². The predicted octanol–water partition coefficient (Wildman–Crippen LogP) is 4.46.